The predicted molar refractivity (Wildman–Crippen MR) is 54.8 cm³/mol. The van der Waals surface area contributed by atoms with Crippen molar-refractivity contribution in [3.05, 3.63) is 27.7 Å². The van der Waals surface area contributed by atoms with Crippen molar-refractivity contribution in [2.24, 2.45) is 0 Å². The van der Waals surface area contributed by atoms with Crippen LogP contribution in [0.15, 0.2) is 12.1 Å². The zero-order chi connectivity index (χ0) is 9.84. The van der Waals surface area contributed by atoms with Crippen LogP contribution in [0, 0.1) is 0 Å². The van der Waals surface area contributed by atoms with Gasteiger partial charge in [0.1, 0.15) is 5.75 Å². The van der Waals surface area contributed by atoms with Gasteiger partial charge in [0.05, 0.1) is 12.1 Å². The smallest absolute Gasteiger partial charge is 0.142 e. The van der Waals surface area contributed by atoms with Crippen molar-refractivity contribution >= 4 is 23.2 Å². The van der Waals surface area contributed by atoms with Gasteiger partial charge in [-0.05, 0) is 12.1 Å². The Bertz CT molecular complexity index is 302. The molecule has 1 rings (SSSR count). The summed E-state index contributed by atoms with van der Waals surface area (Å²) in [4.78, 5) is 0. The Labute approximate surface area is 87.8 Å². The summed E-state index contributed by atoms with van der Waals surface area (Å²) in [6.45, 7) is 0.559. The van der Waals surface area contributed by atoms with Crippen LogP contribution in [0.1, 0.15) is 5.56 Å². The molecule has 1 aromatic carbocycles. The van der Waals surface area contributed by atoms with Gasteiger partial charge in [-0.3, -0.25) is 0 Å². The van der Waals surface area contributed by atoms with Gasteiger partial charge in [-0.25, -0.2) is 5.32 Å². The van der Waals surface area contributed by atoms with E-state index < -0.39 is 0 Å². The first kappa shape index (κ1) is 10.6. The first-order valence-electron chi connectivity index (χ1n) is 3.76. The van der Waals surface area contributed by atoms with E-state index in [2.05, 4.69) is 5.32 Å². The summed E-state index contributed by atoms with van der Waals surface area (Å²) in [5.74, 6) is 0.650. The topological polar surface area (TPSA) is 23.3 Å². The lowest BCUT2D eigenvalue weighted by molar-refractivity contribution is 0.408. The number of benzene rings is 1. The Hall–Kier alpha value is -0.440. The highest BCUT2D eigenvalue weighted by atomic mass is 35.5. The number of ether oxygens (including phenoxy) is 1. The van der Waals surface area contributed by atoms with Crippen LogP contribution in [0.4, 0.5) is 0 Å². The monoisotopic (exact) mass is 218 g/mol. The lowest BCUT2D eigenvalue weighted by Crippen LogP contribution is -2.00. The number of hydrogen-bond donors (Lipinski definition) is 0. The third-order valence-electron chi connectivity index (χ3n) is 1.62. The van der Waals surface area contributed by atoms with E-state index in [0.29, 0.717) is 22.3 Å². The van der Waals surface area contributed by atoms with Crippen LogP contribution in [-0.4, -0.2) is 14.2 Å². The number of rotatable bonds is 3. The van der Waals surface area contributed by atoms with Gasteiger partial charge in [-0.15, -0.1) is 0 Å². The van der Waals surface area contributed by atoms with Gasteiger partial charge in [-0.1, -0.05) is 23.2 Å². The van der Waals surface area contributed by atoms with E-state index in [1.807, 2.05) is 0 Å². The molecular weight excluding hydrogens is 209 g/mol. The molecule has 0 saturated carbocycles. The number of nitrogens with zero attached hydrogens (tertiary/aromatic N) is 1. The van der Waals surface area contributed by atoms with Crippen LogP contribution in [-0.2, 0) is 6.54 Å². The second kappa shape index (κ2) is 4.70. The molecule has 0 saturated heterocycles. The van der Waals surface area contributed by atoms with E-state index in [-0.39, 0.29) is 0 Å². The largest absolute Gasteiger partial charge is 0.495 e. The zero-order valence-electron chi connectivity index (χ0n) is 7.47. The fourth-order valence-corrected chi connectivity index (χ4v) is 1.74. The highest BCUT2D eigenvalue weighted by Gasteiger charge is 2.08. The van der Waals surface area contributed by atoms with Crippen LogP contribution in [0.5, 0.6) is 5.75 Å². The Morgan fingerprint density at radius 1 is 1.38 bits per heavy atom. The molecule has 4 heteroatoms. The summed E-state index contributed by atoms with van der Waals surface area (Å²) >= 11 is 11.8. The average Bonchev–Trinajstić information content (AvgIpc) is 2.04. The number of methoxy groups -OCH3 is 1. The standard InChI is InChI=1S/C9H10Cl2NO/c1-12-5-6-3-7(10)4-8(11)9(6)13-2/h3-4H,5H2,1-2H3. The van der Waals surface area contributed by atoms with Crippen molar-refractivity contribution in [2.45, 2.75) is 6.54 Å². The molecule has 0 aromatic heterocycles. The molecule has 0 aliphatic heterocycles. The summed E-state index contributed by atoms with van der Waals surface area (Å²) in [6.07, 6.45) is 0. The molecule has 0 amide bonds. The van der Waals surface area contributed by atoms with Gasteiger partial charge in [0.2, 0.25) is 0 Å². The third-order valence-corrected chi connectivity index (χ3v) is 2.12. The highest BCUT2D eigenvalue weighted by Crippen LogP contribution is 2.31. The SMILES string of the molecule is C[N]Cc1cc(Cl)cc(Cl)c1OC. The molecule has 1 radical (unpaired) electrons. The molecule has 0 aliphatic carbocycles. The molecule has 1 aromatic rings. The van der Waals surface area contributed by atoms with Crippen molar-refractivity contribution in [2.75, 3.05) is 14.2 Å². The minimum atomic E-state index is 0.522. The molecule has 0 heterocycles. The first-order valence-corrected chi connectivity index (χ1v) is 4.52. The Kier molecular flexibility index (Phi) is 3.85. The third kappa shape index (κ3) is 2.50. The maximum atomic E-state index is 5.92. The molecule has 2 nitrogen and oxygen atoms in total. The van der Waals surface area contributed by atoms with Gasteiger partial charge in [-0.2, -0.15) is 0 Å². The van der Waals surface area contributed by atoms with E-state index in [0.717, 1.165) is 5.56 Å². The minimum absolute atomic E-state index is 0.522. The van der Waals surface area contributed by atoms with Crippen molar-refractivity contribution in [3.63, 3.8) is 0 Å². The summed E-state index contributed by atoms with van der Waals surface area (Å²) in [7, 11) is 3.31. The Balaban J connectivity index is 3.13. The van der Waals surface area contributed by atoms with Crippen LogP contribution in [0.25, 0.3) is 0 Å². The minimum Gasteiger partial charge on any atom is -0.495 e. The van der Waals surface area contributed by atoms with Gasteiger partial charge < -0.3 is 4.74 Å². The lowest BCUT2D eigenvalue weighted by atomic mass is 10.2. The predicted octanol–water partition coefficient (Wildman–Crippen LogP) is 2.74. The molecular formula is C9H10Cl2NO. The fraction of sp³-hybridized carbons (Fsp3) is 0.333. The van der Waals surface area contributed by atoms with Crippen molar-refractivity contribution in [1.29, 1.82) is 0 Å². The fourth-order valence-electron chi connectivity index (χ4n) is 1.13. The summed E-state index contributed by atoms with van der Waals surface area (Å²) < 4.78 is 5.13. The number of hydrogen-bond acceptors (Lipinski definition) is 1. The molecule has 0 bridgehead atoms. The molecule has 0 N–H and O–H groups in total. The van der Waals surface area contributed by atoms with Crippen LogP contribution < -0.4 is 10.1 Å². The van der Waals surface area contributed by atoms with Crippen LogP contribution in [0.3, 0.4) is 0 Å². The van der Waals surface area contributed by atoms with E-state index in [1.165, 1.54) is 0 Å². The van der Waals surface area contributed by atoms with E-state index >= 15 is 0 Å². The number of halogens is 2. The molecule has 0 spiro atoms. The molecule has 0 fully saturated rings. The highest BCUT2D eigenvalue weighted by molar-refractivity contribution is 6.35. The molecule has 0 atom stereocenters. The average molecular weight is 219 g/mol. The maximum absolute atomic E-state index is 5.92. The van der Waals surface area contributed by atoms with Gasteiger partial charge in [0.25, 0.3) is 0 Å². The first-order chi connectivity index (χ1) is 6.19. The van der Waals surface area contributed by atoms with E-state index in [9.17, 15) is 0 Å². The van der Waals surface area contributed by atoms with Gasteiger partial charge in [0.15, 0.2) is 0 Å². The summed E-state index contributed by atoms with van der Waals surface area (Å²) in [5.41, 5.74) is 0.905. The van der Waals surface area contributed by atoms with Crippen LogP contribution >= 0.6 is 23.2 Å². The van der Waals surface area contributed by atoms with Crippen molar-refractivity contribution in [3.8, 4) is 5.75 Å². The zero-order valence-corrected chi connectivity index (χ0v) is 8.99. The molecule has 0 unspecified atom stereocenters. The Morgan fingerprint density at radius 3 is 2.62 bits per heavy atom. The second-order valence-electron chi connectivity index (χ2n) is 2.55. The van der Waals surface area contributed by atoms with E-state index in [1.54, 1.807) is 26.3 Å². The van der Waals surface area contributed by atoms with E-state index in [4.69, 9.17) is 27.9 Å². The van der Waals surface area contributed by atoms with Crippen molar-refractivity contribution < 1.29 is 4.74 Å². The summed E-state index contributed by atoms with van der Waals surface area (Å²) in [6, 6.07) is 3.46. The van der Waals surface area contributed by atoms with Crippen LogP contribution in [0.2, 0.25) is 10.0 Å². The van der Waals surface area contributed by atoms with Crippen molar-refractivity contribution in [1.82, 2.24) is 5.32 Å². The summed E-state index contributed by atoms with van der Waals surface area (Å²) in [5, 5.41) is 5.12. The molecule has 0 aliphatic rings. The normalized spacial score (nSPS) is 10.2. The quantitative estimate of drug-likeness (QED) is 0.766. The maximum Gasteiger partial charge on any atom is 0.142 e. The van der Waals surface area contributed by atoms with Gasteiger partial charge in [0, 0.05) is 24.2 Å². The lowest BCUT2D eigenvalue weighted by Gasteiger charge is -2.09. The van der Waals surface area contributed by atoms with Gasteiger partial charge >= 0.3 is 0 Å². The molecule has 13 heavy (non-hydrogen) atoms. The Morgan fingerprint density at radius 2 is 2.08 bits per heavy atom. The second-order valence-corrected chi connectivity index (χ2v) is 3.40. The molecule has 71 valence electrons.